The van der Waals surface area contributed by atoms with E-state index in [4.69, 9.17) is 10.8 Å². The molecular weight excluding hydrogens is 162 g/mol. The average Bonchev–Trinajstić information content (AvgIpc) is 1.94. The van der Waals surface area contributed by atoms with E-state index in [9.17, 15) is 9.59 Å². The topological polar surface area (TPSA) is 95.7 Å². The Morgan fingerprint density at radius 3 is 2.58 bits per heavy atom. The molecule has 0 radical (unpaired) electrons. The Balaban J connectivity index is 2.17. The number of carbonyl (C=O) groups excluding carboxylic acids is 1. The van der Waals surface area contributed by atoms with Crippen LogP contribution in [-0.4, -0.2) is 47.7 Å². The minimum Gasteiger partial charge on any atom is -0.465 e. The van der Waals surface area contributed by atoms with Crippen LogP contribution in [-0.2, 0) is 4.79 Å². The molecule has 0 unspecified atom stereocenters. The summed E-state index contributed by atoms with van der Waals surface area (Å²) < 4.78 is 0. The van der Waals surface area contributed by atoms with Crippen molar-refractivity contribution in [3.63, 3.8) is 0 Å². The van der Waals surface area contributed by atoms with E-state index in [0.29, 0.717) is 13.1 Å². The highest BCUT2D eigenvalue weighted by Gasteiger charge is 2.30. The van der Waals surface area contributed by atoms with Crippen molar-refractivity contribution < 1.29 is 14.7 Å². The van der Waals surface area contributed by atoms with Gasteiger partial charge in [-0.15, -0.1) is 0 Å². The number of nitrogens with two attached hydrogens (primary N) is 1. The number of nitrogens with one attached hydrogen (secondary N) is 1. The van der Waals surface area contributed by atoms with Crippen molar-refractivity contribution >= 4 is 12.0 Å². The summed E-state index contributed by atoms with van der Waals surface area (Å²) in [5.74, 6) is -0.245. The van der Waals surface area contributed by atoms with Crippen LogP contribution in [0, 0.1) is 0 Å². The van der Waals surface area contributed by atoms with Gasteiger partial charge in [0.15, 0.2) is 0 Å². The fourth-order valence-corrected chi connectivity index (χ4v) is 1.01. The number of nitrogens with zero attached hydrogens (tertiary/aromatic N) is 1. The molecule has 1 rings (SSSR count). The highest BCUT2D eigenvalue weighted by Crippen LogP contribution is 2.06. The lowest BCUT2D eigenvalue weighted by Crippen LogP contribution is -2.61. The number of amides is 2. The second kappa shape index (κ2) is 3.40. The zero-order chi connectivity index (χ0) is 9.14. The van der Waals surface area contributed by atoms with E-state index in [1.165, 1.54) is 4.90 Å². The molecule has 0 aliphatic carbocycles. The van der Waals surface area contributed by atoms with Gasteiger partial charge in [0, 0.05) is 13.1 Å². The number of carboxylic acid groups (broad SMARTS) is 1. The fourth-order valence-electron chi connectivity index (χ4n) is 1.01. The number of hydrogen-bond donors (Lipinski definition) is 3. The molecule has 6 heteroatoms. The van der Waals surface area contributed by atoms with Gasteiger partial charge >= 0.3 is 6.09 Å². The normalized spacial score (nSPS) is 16.9. The lowest BCUT2D eigenvalue weighted by Gasteiger charge is -2.37. The standard InChI is InChI=1S/C6H11N3O3/c7-1-5(10)8-4-2-9(3-4)6(11)12/h4H,1-3,7H2,(H,8,10)(H,11,12). The molecule has 12 heavy (non-hydrogen) atoms. The van der Waals surface area contributed by atoms with E-state index in [-0.39, 0.29) is 18.5 Å². The van der Waals surface area contributed by atoms with E-state index in [1.54, 1.807) is 0 Å². The molecule has 68 valence electrons. The maximum Gasteiger partial charge on any atom is 0.407 e. The van der Waals surface area contributed by atoms with Crippen LogP contribution in [0.4, 0.5) is 4.79 Å². The first-order valence-electron chi connectivity index (χ1n) is 3.60. The lowest BCUT2D eigenvalue weighted by atomic mass is 10.1. The molecule has 6 nitrogen and oxygen atoms in total. The molecule has 1 fully saturated rings. The molecule has 1 aliphatic heterocycles. The third-order valence-electron chi connectivity index (χ3n) is 1.70. The van der Waals surface area contributed by atoms with Gasteiger partial charge in [-0.3, -0.25) is 4.79 Å². The molecule has 4 N–H and O–H groups in total. The highest BCUT2D eigenvalue weighted by atomic mass is 16.4. The first-order valence-corrected chi connectivity index (χ1v) is 3.60. The van der Waals surface area contributed by atoms with Gasteiger partial charge in [0.05, 0.1) is 12.6 Å². The largest absolute Gasteiger partial charge is 0.465 e. The van der Waals surface area contributed by atoms with Gasteiger partial charge in [-0.1, -0.05) is 0 Å². The molecular formula is C6H11N3O3. The Bertz CT molecular complexity index is 200. The van der Waals surface area contributed by atoms with Crippen molar-refractivity contribution in [3.05, 3.63) is 0 Å². The van der Waals surface area contributed by atoms with Crippen LogP contribution < -0.4 is 11.1 Å². The van der Waals surface area contributed by atoms with Gasteiger partial charge in [-0.25, -0.2) is 4.79 Å². The quantitative estimate of drug-likeness (QED) is 0.469. The summed E-state index contributed by atoms with van der Waals surface area (Å²) in [6, 6.07) is -0.0582. The maximum atomic E-state index is 10.7. The van der Waals surface area contributed by atoms with E-state index in [0.717, 1.165) is 0 Å². The summed E-state index contributed by atoms with van der Waals surface area (Å²) in [7, 11) is 0. The van der Waals surface area contributed by atoms with E-state index >= 15 is 0 Å². The smallest absolute Gasteiger partial charge is 0.407 e. The number of rotatable bonds is 2. The minimum atomic E-state index is -0.951. The third-order valence-corrected chi connectivity index (χ3v) is 1.70. The van der Waals surface area contributed by atoms with E-state index in [1.807, 2.05) is 0 Å². The molecule has 0 aromatic rings. The van der Waals surface area contributed by atoms with Crippen molar-refractivity contribution in [2.24, 2.45) is 5.73 Å². The van der Waals surface area contributed by atoms with Crippen LogP contribution in [0.5, 0.6) is 0 Å². The summed E-state index contributed by atoms with van der Waals surface area (Å²) >= 11 is 0. The van der Waals surface area contributed by atoms with Crippen LogP contribution >= 0.6 is 0 Å². The van der Waals surface area contributed by atoms with E-state index in [2.05, 4.69) is 5.32 Å². The predicted molar refractivity (Wildman–Crippen MR) is 40.6 cm³/mol. The SMILES string of the molecule is NCC(=O)NC1CN(C(=O)O)C1. The predicted octanol–water partition coefficient (Wildman–Crippen LogP) is -1.58. The van der Waals surface area contributed by atoms with Crippen molar-refractivity contribution in [2.45, 2.75) is 6.04 Å². The summed E-state index contributed by atoms with van der Waals surface area (Å²) in [6.45, 7) is 0.672. The van der Waals surface area contributed by atoms with Crippen molar-refractivity contribution in [1.29, 1.82) is 0 Å². The molecule has 0 bridgehead atoms. The van der Waals surface area contributed by atoms with Gasteiger partial charge in [0.1, 0.15) is 0 Å². The van der Waals surface area contributed by atoms with Crippen LogP contribution in [0.3, 0.4) is 0 Å². The molecule has 0 saturated carbocycles. The van der Waals surface area contributed by atoms with E-state index < -0.39 is 6.09 Å². The van der Waals surface area contributed by atoms with Gasteiger partial charge < -0.3 is 21.1 Å². The monoisotopic (exact) mass is 173 g/mol. The Kier molecular flexibility index (Phi) is 2.49. The Labute approximate surface area is 69.3 Å². The van der Waals surface area contributed by atoms with Gasteiger partial charge in [0.2, 0.25) is 5.91 Å². The second-order valence-electron chi connectivity index (χ2n) is 2.66. The molecule has 2 amide bonds. The summed E-state index contributed by atoms with van der Waals surface area (Å²) in [5.41, 5.74) is 5.05. The summed E-state index contributed by atoms with van der Waals surface area (Å²) in [4.78, 5) is 22.2. The lowest BCUT2D eigenvalue weighted by molar-refractivity contribution is -0.121. The van der Waals surface area contributed by atoms with Crippen LogP contribution in [0.2, 0.25) is 0 Å². The molecule has 1 saturated heterocycles. The minimum absolute atomic E-state index is 0.0520. The molecule has 0 aromatic heterocycles. The molecule has 0 aromatic carbocycles. The Morgan fingerprint density at radius 1 is 1.58 bits per heavy atom. The van der Waals surface area contributed by atoms with Crippen molar-refractivity contribution in [2.75, 3.05) is 19.6 Å². The molecule has 1 aliphatic rings. The zero-order valence-corrected chi connectivity index (χ0v) is 6.49. The Morgan fingerprint density at radius 2 is 2.17 bits per heavy atom. The number of hydrogen-bond acceptors (Lipinski definition) is 3. The average molecular weight is 173 g/mol. The van der Waals surface area contributed by atoms with Crippen molar-refractivity contribution in [3.8, 4) is 0 Å². The third kappa shape index (κ3) is 1.85. The number of carbonyl (C=O) groups is 2. The summed E-state index contributed by atoms with van der Waals surface area (Å²) in [6.07, 6.45) is -0.951. The van der Waals surface area contributed by atoms with Gasteiger partial charge in [0.25, 0.3) is 0 Å². The molecule has 1 heterocycles. The first-order chi connectivity index (χ1) is 5.63. The van der Waals surface area contributed by atoms with Crippen LogP contribution in [0.25, 0.3) is 0 Å². The number of likely N-dealkylation sites (tertiary alicyclic amines) is 1. The van der Waals surface area contributed by atoms with Crippen molar-refractivity contribution in [1.82, 2.24) is 10.2 Å². The highest BCUT2D eigenvalue weighted by molar-refractivity contribution is 5.78. The fraction of sp³-hybridized carbons (Fsp3) is 0.667. The van der Waals surface area contributed by atoms with Gasteiger partial charge in [-0.2, -0.15) is 0 Å². The molecule has 0 spiro atoms. The Hall–Kier alpha value is -1.30. The van der Waals surface area contributed by atoms with Crippen LogP contribution in [0.1, 0.15) is 0 Å². The zero-order valence-electron chi connectivity index (χ0n) is 6.49. The van der Waals surface area contributed by atoms with Crippen LogP contribution in [0.15, 0.2) is 0 Å². The molecule has 0 atom stereocenters. The maximum absolute atomic E-state index is 10.7. The summed E-state index contributed by atoms with van der Waals surface area (Å²) in [5, 5.41) is 11.0. The van der Waals surface area contributed by atoms with Gasteiger partial charge in [-0.05, 0) is 0 Å². The first kappa shape index (κ1) is 8.79. The second-order valence-corrected chi connectivity index (χ2v) is 2.66.